The molecular weight excluding hydrogens is 336 g/mol. The lowest BCUT2D eigenvalue weighted by Gasteiger charge is -2.18. The zero-order valence-corrected chi connectivity index (χ0v) is 14.1. The van der Waals surface area contributed by atoms with Gasteiger partial charge in [0.25, 0.3) is 0 Å². The van der Waals surface area contributed by atoms with Crippen LogP contribution in [-0.4, -0.2) is 31.7 Å². The van der Waals surface area contributed by atoms with Crippen LogP contribution in [0.4, 0.5) is 0 Å². The minimum Gasteiger partial charge on any atom is -0.353 e. The molecule has 0 radical (unpaired) electrons. The molecule has 0 saturated heterocycles. The van der Waals surface area contributed by atoms with Gasteiger partial charge in [0.1, 0.15) is 11.1 Å². The van der Waals surface area contributed by atoms with Crippen LogP contribution in [0.25, 0.3) is 0 Å². The number of nitrogens with zero attached hydrogens (tertiary/aromatic N) is 1. The number of aryl methyl sites for hydroxylation is 1. The normalized spacial score (nSPS) is 12.6. The van der Waals surface area contributed by atoms with Gasteiger partial charge < -0.3 is 5.32 Å². The predicted octanol–water partition coefficient (Wildman–Crippen LogP) is 2.26. The second kappa shape index (κ2) is 7.57. The molecule has 1 N–H and O–H groups in total. The minimum absolute atomic E-state index is 0.0620. The van der Waals surface area contributed by atoms with Crippen LogP contribution in [0.3, 0.4) is 0 Å². The van der Waals surface area contributed by atoms with Crippen LogP contribution in [0, 0.1) is 6.92 Å². The molecule has 1 atom stereocenters. The number of pyridine rings is 1. The van der Waals surface area contributed by atoms with E-state index in [0.29, 0.717) is 5.56 Å². The molecule has 0 aliphatic carbocycles. The maximum Gasteiger partial charge on any atom is 0.234 e. The first kappa shape index (κ1) is 17.4. The quantitative estimate of drug-likeness (QED) is 0.809. The van der Waals surface area contributed by atoms with Gasteiger partial charge in [-0.15, -0.1) is 11.6 Å². The van der Waals surface area contributed by atoms with E-state index in [1.54, 1.807) is 42.6 Å². The van der Waals surface area contributed by atoms with Crippen LogP contribution in [0.15, 0.2) is 53.7 Å². The topological polar surface area (TPSA) is 76.1 Å². The van der Waals surface area contributed by atoms with Crippen molar-refractivity contribution in [3.63, 3.8) is 0 Å². The molecule has 1 aromatic carbocycles. The number of sulfone groups is 1. The highest BCUT2D eigenvalue weighted by Gasteiger charge is 2.29. The van der Waals surface area contributed by atoms with Crippen LogP contribution < -0.4 is 5.32 Å². The van der Waals surface area contributed by atoms with Gasteiger partial charge in [-0.25, -0.2) is 8.42 Å². The molecule has 5 nitrogen and oxygen atoms in total. The summed E-state index contributed by atoms with van der Waals surface area (Å²) < 4.78 is 25.9. The molecule has 2 aromatic rings. The monoisotopic (exact) mass is 352 g/mol. The number of rotatable bonds is 6. The van der Waals surface area contributed by atoms with Gasteiger partial charge in [-0.1, -0.05) is 23.8 Å². The van der Waals surface area contributed by atoms with E-state index in [-0.39, 0.29) is 17.3 Å². The third kappa shape index (κ3) is 4.30. The third-order valence-corrected chi connectivity index (χ3v) is 5.75. The van der Waals surface area contributed by atoms with Crippen molar-refractivity contribution in [1.29, 1.82) is 0 Å². The highest BCUT2D eigenvalue weighted by atomic mass is 35.5. The summed E-state index contributed by atoms with van der Waals surface area (Å²) in [6.45, 7) is 1.82. The Bertz CT molecular complexity index is 762. The van der Waals surface area contributed by atoms with Gasteiger partial charge in [0.2, 0.25) is 5.91 Å². The first-order chi connectivity index (χ1) is 10.9. The Labute approximate surface area is 140 Å². The Hall–Kier alpha value is -1.92. The van der Waals surface area contributed by atoms with E-state index >= 15 is 0 Å². The number of hydrogen-bond donors (Lipinski definition) is 1. The Morgan fingerprint density at radius 2 is 1.96 bits per heavy atom. The summed E-state index contributed by atoms with van der Waals surface area (Å²) in [7, 11) is -3.67. The molecule has 0 spiro atoms. The zero-order chi connectivity index (χ0) is 16.9. The van der Waals surface area contributed by atoms with Crippen LogP contribution in [-0.2, 0) is 14.6 Å². The number of carbonyl (C=O) groups is 1. The van der Waals surface area contributed by atoms with E-state index in [1.807, 2.05) is 6.92 Å². The number of alkyl halides is 1. The molecule has 0 aliphatic heterocycles. The molecule has 2 rings (SSSR count). The van der Waals surface area contributed by atoms with Gasteiger partial charge in [-0.3, -0.25) is 9.78 Å². The van der Waals surface area contributed by atoms with Crippen molar-refractivity contribution in [3.05, 3.63) is 59.9 Å². The summed E-state index contributed by atoms with van der Waals surface area (Å²) >= 11 is 5.46. The number of nitrogens with one attached hydrogen (secondary N) is 1. The van der Waals surface area contributed by atoms with Crippen molar-refractivity contribution < 1.29 is 13.2 Å². The van der Waals surface area contributed by atoms with Crippen LogP contribution in [0.2, 0.25) is 0 Å². The lowest BCUT2D eigenvalue weighted by molar-refractivity contribution is -0.118. The number of hydrogen-bond acceptors (Lipinski definition) is 4. The number of carbonyl (C=O) groups excluding carboxylic acids is 1. The number of aromatic nitrogens is 1. The summed E-state index contributed by atoms with van der Waals surface area (Å²) in [5.41, 5.74) is 1.49. The fourth-order valence-corrected chi connectivity index (χ4v) is 3.86. The lowest BCUT2D eigenvalue weighted by Crippen LogP contribution is -2.32. The van der Waals surface area contributed by atoms with Gasteiger partial charge in [0, 0.05) is 18.9 Å². The van der Waals surface area contributed by atoms with Crippen molar-refractivity contribution >= 4 is 27.3 Å². The Morgan fingerprint density at radius 1 is 1.26 bits per heavy atom. The average molecular weight is 353 g/mol. The van der Waals surface area contributed by atoms with E-state index in [4.69, 9.17) is 11.6 Å². The molecule has 0 saturated carbocycles. The van der Waals surface area contributed by atoms with Crippen molar-refractivity contribution in [2.24, 2.45) is 0 Å². The summed E-state index contributed by atoms with van der Waals surface area (Å²) in [4.78, 5) is 15.6. The molecule has 0 aliphatic rings. The summed E-state index contributed by atoms with van der Waals surface area (Å²) in [5.74, 6) is -0.635. The second-order valence-electron chi connectivity index (χ2n) is 5.07. The highest BCUT2D eigenvalue weighted by molar-refractivity contribution is 7.91. The molecule has 0 unspecified atom stereocenters. The standard InChI is InChI=1S/C16H17ClN2O3S/c1-12-4-6-14(7-5-12)23(21,22)15(11-19-16(20)9-17)13-3-2-8-18-10-13/h2-8,10,15H,9,11H2,1H3,(H,19,20)/t15-/m1/s1. The van der Waals surface area contributed by atoms with Crippen LogP contribution in [0.1, 0.15) is 16.4 Å². The maximum atomic E-state index is 12.9. The SMILES string of the molecule is Cc1ccc(S(=O)(=O)[C@H](CNC(=O)CCl)c2cccnc2)cc1. The fourth-order valence-electron chi connectivity index (χ4n) is 2.12. The molecular formula is C16H17ClN2O3S. The van der Waals surface area contributed by atoms with E-state index in [1.165, 1.54) is 6.20 Å². The van der Waals surface area contributed by atoms with Crippen molar-refractivity contribution in [3.8, 4) is 0 Å². The lowest BCUT2D eigenvalue weighted by atomic mass is 10.2. The highest BCUT2D eigenvalue weighted by Crippen LogP contribution is 2.28. The summed E-state index contributed by atoms with van der Waals surface area (Å²) in [6, 6.07) is 9.95. The minimum atomic E-state index is -3.67. The Balaban J connectivity index is 2.39. The fraction of sp³-hybridized carbons (Fsp3) is 0.250. The van der Waals surface area contributed by atoms with E-state index < -0.39 is 21.0 Å². The van der Waals surface area contributed by atoms with Crippen LogP contribution >= 0.6 is 11.6 Å². The number of amides is 1. The molecule has 0 bridgehead atoms. The zero-order valence-electron chi connectivity index (χ0n) is 12.6. The third-order valence-electron chi connectivity index (χ3n) is 3.39. The van der Waals surface area contributed by atoms with Crippen molar-refractivity contribution in [2.75, 3.05) is 12.4 Å². The molecule has 7 heteroatoms. The van der Waals surface area contributed by atoms with E-state index in [2.05, 4.69) is 10.3 Å². The summed E-state index contributed by atoms with van der Waals surface area (Å²) in [5, 5.41) is 1.62. The van der Waals surface area contributed by atoms with Crippen molar-refractivity contribution in [2.45, 2.75) is 17.1 Å². The predicted molar refractivity (Wildman–Crippen MR) is 89.1 cm³/mol. The number of halogens is 1. The van der Waals surface area contributed by atoms with Gasteiger partial charge in [0.05, 0.1) is 4.90 Å². The molecule has 122 valence electrons. The molecule has 0 fully saturated rings. The largest absolute Gasteiger partial charge is 0.353 e. The molecule has 23 heavy (non-hydrogen) atoms. The summed E-state index contributed by atoms with van der Waals surface area (Å²) in [6.07, 6.45) is 3.06. The van der Waals surface area contributed by atoms with E-state index in [0.717, 1.165) is 5.56 Å². The maximum absolute atomic E-state index is 12.9. The number of benzene rings is 1. The molecule has 1 amide bonds. The second-order valence-corrected chi connectivity index (χ2v) is 7.47. The van der Waals surface area contributed by atoms with Crippen LogP contribution in [0.5, 0.6) is 0 Å². The Kier molecular flexibility index (Phi) is 5.74. The van der Waals surface area contributed by atoms with Crippen molar-refractivity contribution in [1.82, 2.24) is 10.3 Å². The Morgan fingerprint density at radius 3 is 2.52 bits per heavy atom. The first-order valence-electron chi connectivity index (χ1n) is 6.98. The van der Waals surface area contributed by atoms with E-state index in [9.17, 15) is 13.2 Å². The molecule has 1 aromatic heterocycles. The van der Waals surface area contributed by atoms with Gasteiger partial charge >= 0.3 is 0 Å². The van der Waals surface area contributed by atoms with Gasteiger partial charge in [-0.05, 0) is 30.7 Å². The average Bonchev–Trinajstić information content (AvgIpc) is 2.56. The van der Waals surface area contributed by atoms with Gasteiger partial charge in [-0.2, -0.15) is 0 Å². The van der Waals surface area contributed by atoms with Gasteiger partial charge in [0.15, 0.2) is 9.84 Å². The first-order valence-corrected chi connectivity index (χ1v) is 9.06. The molecule has 1 heterocycles. The smallest absolute Gasteiger partial charge is 0.234 e.